The minimum atomic E-state index is -1.31. The number of rotatable bonds is 7. The van der Waals surface area contributed by atoms with Crippen molar-refractivity contribution in [2.24, 2.45) is 0 Å². The Kier molecular flexibility index (Phi) is 7.31. The van der Waals surface area contributed by atoms with E-state index in [4.69, 9.17) is 35.5 Å². The Bertz CT molecular complexity index is 1800. The Morgan fingerprint density at radius 2 is 2.05 bits per heavy atom. The maximum Gasteiger partial charge on any atom is 0.356 e. The lowest BCUT2D eigenvalue weighted by molar-refractivity contribution is -0.0708. The molecule has 11 heteroatoms. The number of aromatic nitrogens is 3. The SMILES string of the molecule is COC(=O)c1ccc2nc([C@H](C)N3CC=C(c4cccc5c4OC(C)(c4ccc(Cl)cc4F)O5)CC3)n(C[C@@H]3CCO3)c2n1. The number of hydrogen-bond acceptors (Lipinski definition) is 8. The van der Waals surface area contributed by atoms with Crippen LogP contribution in [0.15, 0.2) is 54.6 Å². The van der Waals surface area contributed by atoms with Crippen molar-refractivity contribution in [3.8, 4) is 11.5 Å². The van der Waals surface area contributed by atoms with Crippen LogP contribution in [0.4, 0.5) is 4.39 Å². The number of imidazole rings is 1. The van der Waals surface area contributed by atoms with Crippen LogP contribution in [0.2, 0.25) is 5.02 Å². The van der Waals surface area contributed by atoms with E-state index < -0.39 is 17.6 Å². The van der Waals surface area contributed by atoms with Crippen molar-refractivity contribution in [3.63, 3.8) is 0 Å². The van der Waals surface area contributed by atoms with Crippen LogP contribution in [0.3, 0.4) is 0 Å². The first-order valence-electron chi connectivity index (χ1n) is 14.7. The van der Waals surface area contributed by atoms with E-state index in [9.17, 15) is 9.18 Å². The van der Waals surface area contributed by atoms with Gasteiger partial charge in [0.2, 0.25) is 0 Å². The zero-order valence-electron chi connectivity index (χ0n) is 24.7. The van der Waals surface area contributed by atoms with Gasteiger partial charge >= 0.3 is 5.97 Å². The summed E-state index contributed by atoms with van der Waals surface area (Å²) >= 11 is 5.98. The van der Waals surface area contributed by atoms with Gasteiger partial charge in [0.05, 0.1) is 31.4 Å². The lowest BCUT2D eigenvalue weighted by atomic mass is 9.97. The van der Waals surface area contributed by atoms with Gasteiger partial charge in [0.15, 0.2) is 22.8 Å². The molecular weight excluding hydrogens is 587 g/mol. The minimum absolute atomic E-state index is 0.0269. The van der Waals surface area contributed by atoms with Gasteiger partial charge in [0.1, 0.15) is 17.2 Å². The van der Waals surface area contributed by atoms with Crippen molar-refractivity contribution in [1.29, 1.82) is 0 Å². The number of para-hydroxylation sites is 1. The Hall–Kier alpha value is -3.99. The zero-order chi connectivity index (χ0) is 30.6. The molecule has 5 heterocycles. The first-order chi connectivity index (χ1) is 21.2. The number of nitrogens with zero attached hydrogens (tertiary/aromatic N) is 4. The number of pyridine rings is 1. The molecule has 3 aliphatic rings. The van der Waals surface area contributed by atoms with Gasteiger partial charge in [0, 0.05) is 37.2 Å². The van der Waals surface area contributed by atoms with E-state index in [2.05, 4.69) is 27.5 Å². The van der Waals surface area contributed by atoms with Crippen molar-refractivity contribution in [2.75, 3.05) is 26.8 Å². The van der Waals surface area contributed by atoms with E-state index >= 15 is 0 Å². The third-order valence-electron chi connectivity index (χ3n) is 8.70. The molecule has 0 radical (unpaired) electrons. The predicted molar refractivity (Wildman–Crippen MR) is 162 cm³/mol. The highest BCUT2D eigenvalue weighted by Crippen LogP contribution is 2.49. The smallest absolute Gasteiger partial charge is 0.356 e. The monoisotopic (exact) mass is 618 g/mol. The molecule has 44 heavy (non-hydrogen) atoms. The molecule has 7 rings (SSSR count). The quantitative estimate of drug-likeness (QED) is 0.223. The fraction of sp³-hybridized carbons (Fsp3) is 0.364. The molecule has 0 amide bonds. The molecule has 2 aromatic heterocycles. The number of methoxy groups -OCH3 is 1. The third kappa shape index (κ3) is 5.00. The average Bonchev–Trinajstić information content (AvgIpc) is 3.55. The summed E-state index contributed by atoms with van der Waals surface area (Å²) < 4.78 is 40.1. The molecular formula is C33H32ClFN4O5. The topological polar surface area (TPSA) is 87.9 Å². The van der Waals surface area contributed by atoms with Gasteiger partial charge in [-0.15, -0.1) is 0 Å². The van der Waals surface area contributed by atoms with E-state index in [1.807, 2.05) is 24.3 Å². The number of esters is 1. The van der Waals surface area contributed by atoms with Crippen LogP contribution in [0.5, 0.6) is 11.5 Å². The molecule has 4 aromatic rings. The Labute approximate surface area is 259 Å². The number of carbonyl (C=O) groups excluding carboxylic acids is 1. The predicted octanol–water partition coefficient (Wildman–Crippen LogP) is 6.29. The summed E-state index contributed by atoms with van der Waals surface area (Å²) in [5, 5.41) is 0.311. The van der Waals surface area contributed by atoms with Crippen LogP contribution in [-0.4, -0.2) is 58.3 Å². The van der Waals surface area contributed by atoms with Crippen LogP contribution in [0.25, 0.3) is 16.7 Å². The van der Waals surface area contributed by atoms with Crippen molar-refractivity contribution >= 4 is 34.3 Å². The van der Waals surface area contributed by atoms with Crippen molar-refractivity contribution in [1.82, 2.24) is 19.4 Å². The standard InChI is InChI=1S/C33H32ClFN4O5/c1-19(30-36-26-9-10-27(32(40)41-3)37-31(26)39(30)18-22-13-16-42-22)38-14-11-20(12-15-38)23-5-4-6-28-29(23)44-33(2,43-28)24-8-7-21(34)17-25(24)35/h4-11,17,19,22H,12-16,18H2,1-3H3/t19-,22-,33?/m0/s1. The number of hydrogen-bond donors (Lipinski definition) is 0. The van der Waals surface area contributed by atoms with E-state index in [0.717, 1.165) is 48.5 Å². The zero-order valence-corrected chi connectivity index (χ0v) is 25.4. The molecule has 228 valence electrons. The highest BCUT2D eigenvalue weighted by atomic mass is 35.5. The molecule has 3 atom stereocenters. The molecule has 3 aliphatic heterocycles. The number of ether oxygens (including phenoxy) is 4. The van der Waals surface area contributed by atoms with Crippen molar-refractivity contribution in [3.05, 3.63) is 88.1 Å². The number of benzene rings is 2. The fourth-order valence-corrected chi connectivity index (χ4v) is 6.32. The van der Waals surface area contributed by atoms with Gasteiger partial charge in [-0.3, -0.25) is 4.90 Å². The maximum absolute atomic E-state index is 14.8. The van der Waals surface area contributed by atoms with Crippen LogP contribution < -0.4 is 9.47 Å². The molecule has 0 spiro atoms. The van der Waals surface area contributed by atoms with Crippen LogP contribution in [-0.2, 0) is 21.8 Å². The minimum Gasteiger partial charge on any atom is -0.464 e. The van der Waals surface area contributed by atoms with Crippen molar-refractivity contribution < 1.29 is 28.1 Å². The van der Waals surface area contributed by atoms with Crippen LogP contribution in [0, 0.1) is 5.82 Å². The van der Waals surface area contributed by atoms with E-state index in [1.54, 1.807) is 25.1 Å². The molecule has 1 fully saturated rings. The van der Waals surface area contributed by atoms with E-state index in [-0.39, 0.29) is 23.4 Å². The van der Waals surface area contributed by atoms with Gasteiger partial charge in [-0.25, -0.2) is 19.2 Å². The maximum atomic E-state index is 14.8. The second-order valence-corrected chi connectivity index (χ2v) is 11.9. The molecule has 0 bridgehead atoms. The first kappa shape index (κ1) is 28.8. The van der Waals surface area contributed by atoms with Crippen LogP contribution in [0.1, 0.15) is 60.2 Å². The molecule has 0 N–H and O–H groups in total. The van der Waals surface area contributed by atoms with Gasteiger partial charge in [-0.1, -0.05) is 29.8 Å². The van der Waals surface area contributed by atoms with Gasteiger partial charge < -0.3 is 23.5 Å². The summed E-state index contributed by atoms with van der Waals surface area (Å²) in [4.78, 5) is 24.1. The lowest BCUT2D eigenvalue weighted by Gasteiger charge is -2.33. The third-order valence-corrected chi connectivity index (χ3v) is 8.94. The largest absolute Gasteiger partial charge is 0.464 e. The highest BCUT2D eigenvalue weighted by molar-refractivity contribution is 6.30. The summed E-state index contributed by atoms with van der Waals surface area (Å²) in [5.41, 5.74) is 3.97. The van der Waals surface area contributed by atoms with Gasteiger partial charge in [-0.2, -0.15) is 0 Å². The first-order valence-corrected chi connectivity index (χ1v) is 15.1. The molecule has 2 aromatic carbocycles. The number of fused-ring (bicyclic) bond motifs is 2. The average molecular weight is 619 g/mol. The van der Waals surface area contributed by atoms with Gasteiger partial charge in [0.25, 0.3) is 5.79 Å². The number of halogens is 2. The molecule has 1 unspecified atom stereocenters. The molecule has 9 nitrogen and oxygen atoms in total. The normalized spacial score (nSPS) is 22.0. The number of carbonyl (C=O) groups is 1. The van der Waals surface area contributed by atoms with Gasteiger partial charge in [-0.05, 0) is 61.7 Å². The summed E-state index contributed by atoms with van der Waals surface area (Å²) in [6, 6.07) is 13.7. The Balaban J connectivity index is 1.14. The molecule has 0 saturated carbocycles. The molecule has 0 aliphatic carbocycles. The second kappa shape index (κ2) is 11.2. The van der Waals surface area contributed by atoms with Crippen LogP contribution >= 0.6 is 11.6 Å². The Morgan fingerprint density at radius 3 is 2.75 bits per heavy atom. The van der Waals surface area contributed by atoms with E-state index in [0.29, 0.717) is 35.3 Å². The highest BCUT2D eigenvalue weighted by Gasteiger charge is 2.42. The summed E-state index contributed by atoms with van der Waals surface area (Å²) in [5.74, 6) is -0.229. The summed E-state index contributed by atoms with van der Waals surface area (Å²) in [7, 11) is 1.35. The summed E-state index contributed by atoms with van der Waals surface area (Å²) in [6.07, 6.45) is 4.03. The Morgan fingerprint density at radius 1 is 1.20 bits per heavy atom. The lowest BCUT2D eigenvalue weighted by Crippen LogP contribution is -2.35. The van der Waals surface area contributed by atoms with Crippen molar-refractivity contribution in [2.45, 2.75) is 51.2 Å². The van der Waals surface area contributed by atoms with E-state index in [1.165, 1.54) is 13.2 Å². The molecule has 1 saturated heterocycles. The summed E-state index contributed by atoms with van der Waals surface area (Å²) in [6.45, 7) is 6.68. The second-order valence-electron chi connectivity index (χ2n) is 11.4. The fourth-order valence-electron chi connectivity index (χ4n) is 6.16.